The summed E-state index contributed by atoms with van der Waals surface area (Å²) in [4.78, 5) is 29.6. The van der Waals surface area contributed by atoms with Gasteiger partial charge in [0.2, 0.25) is 5.91 Å². The second kappa shape index (κ2) is 6.65. The van der Waals surface area contributed by atoms with Crippen LogP contribution in [0.15, 0.2) is 39.6 Å². The van der Waals surface area contributed by atoms with Crippen LogP contribution in [0.1, 0.15) is 17.5 Å². The van der Waals surface area contributed by atoms with Gasteiger partial charge in [-0.2, -0.15) is 0 Å². The molecule has 7 heteroatoms. The highest BCUT2D eigenvalue weighted by molar-refractivity contribution is 7.98. The second-order valence-corrected chi connectivity index (χ2v) is 7.70. The van der Waals surface area contributed by atoms with Crippen LogP contribution >= 0.6 is 23.1 Å². The zero-order valence-corrected chi connectivity index (χ0v) is 15.4. The Bertz CT molecular complexity index is 1020. The Morgan fingerprint density at radius 1 is 1.32 bits per heavy atom. The number of rotatable bonds is 4. The van der Waals surface area contributed by atoms with Crippen molar-refractivity contribution < 1.29 is 4.79 Å². The number of thiophene rings is 1. The topological polar surface area (TPSA) is 64.0 Å². The highest BCUT2D eigenvalue weighted by Crippen LogP contribution is 2.25. The lowest BCUT2D eigenvalue weighted by Crippen LogP contribution is -2.29. The summed E-state index contributed by atoms with van der Waals surface area (Å²) in [5, 5.41) is 5.31. The average Bonchev–Trinajstić information content (AvgIpc) is 3.25. The molecule has 1 aliphatic rings. The van der Waals surface area contributed by atoms with E-state index in [1.54, 1.807) is 0 Å². The van der Waals surface area contributed by atoms with E-state index in [1.165, 1.54) is 45.2 Å². The Kier molecular flexibility index (Phi) is 4.35. The summed E-state index contributed by atoms with van der Waals surface area (Å²) in [5.41, 5.74) is 3.99. The average molecular weight is 371 g/mol. The number of amides is 1. The number of anilines is 1. The number of carbonyl (C=O) groups excluding carboxylic acids is 1. The Balaban J connectivity index is 1.59. The first-order chi connectivity index (χ1) is 12.2. The van der Waals surface area contributed by atoms with Crippen LogP contribution in [-0.2, 0) is 24.2 Å². The van der Waals surface area contributed by atoms with Crippen LogP contribution in [0, 0.1) is 0 Å². The fraction of sp³-hybridized carbons (Fsp3) is 0.278. The Morgan fingerprint density at radius 3 is 3.00 bits per heavy atom. The van der Waals surface area contributed by atoms with Crippen LogP contribution in [0.4, 0.5) is 5.69 Å². The smallest absolute Gasteiger partial charge is 0.272 e. The normalized spacial score (nSPS) is 13.2. The molecule has 0 bridgehead atoms. The van der Waals surface area contributed by atoms with Crippen molar-refractivity contribution in [3.05, 3.63) is 51.1 Å². The molecule has 5 nitrogen and oxygen atoms in total. The molecular formula is C18H17N3O2S2. The van der Waals surface area contributed by atoms with Crippen LogP contribution in [-0.4, -0.2) is 21.7 Å². The van der Waals surface area contributed by atoms with Crippen LogP contribution in [0.3, 0.4) is 0 Å². The summed E-state index contributed by atoms with van der Waals surface area (Å²) in [5.74, 6) is -0.215. The fourth-order valence-electron chi connectivity index (χ4n) is 3.21. The minimum atomic E-state index is -0.215. The summed E-state index contributed by atoms with van der Waals surface area (Å²) in [6, 6.07) is 7.88. The van der Waals surface area contributed by atoms with Gasteiger partial charge < -0.3 is 5.32 Å². The van der Waals surface area contributed by atoms with Crippen LogP contribution < -0.4 is 10.9 Å². The first-order valence-electron chi connectivity index (χ1n) is 8.09. The number of hydrogen-bond donors (Lipinski definition) is 1. The number of thioether (sulfide) groups is 1. The molecule has 2 heterocycles. The maximum Gasteiger partial charge on any atom is 0.272 e. The number of carbonyl (C=O) groups is 1. The fourth-order valence-corrected chi connectivity index (χ4v) is 4.55. The third kappa shape index (κ3) is 3.09. The minimum absolute atomic E-state index is 0.0348. The molecule has 0 saturated carbocycles. The van der Waals surface area contributed by atoms with Crippen molar-refractivity contribution in [1.29, 1.82) is 0 Å². The van der Waals surface area contributed by atoms with Crippen molar-refractivity contribution in [1.82, 2.24) is 9.55 Å². The molecular weight excluding hydrogens is 354 g/mol. The minimum Gasteiger partial charge on any atom is -0.325 e. The molecule has 1 amide bonds. The maximum atomic E-state index is 12.7. The SMILES string of the molecule is CSc1nc2ccsc2c(=O)n1CC(=O)Nc1ccc2c(c1)CCC2. The molecule has 0 saturated heterocycles. The molecule has 0 fully saturated rings. The van der Waals surface area contributed by atoms with E-state index in [4.69, 9.17) is 0 Å². The predicted molar refractivity (Wildman–Crippen MR) is 103 cm³/mol. The first kappa shape index (κ1) is 16.4. The number of aromatic nitrogens is 2. The molecule has 0 atom stereocenters. The zero-order valence-electron chi connectivity index (χ0n) is 13.7. The molecule has 0 spiro atoms. The lowest BCUT2D eigenvalue weighted by Gasteiger charge is -2.11. The van der Waals surface area contributed by atoms with Gasteiger partial charge in [-0.3, -0.25) is 14.2 Å². The van der Waals surface area contributed by atoms with E-state index in [2.05, 4.69) is 16.4 Å². The van der Waals surface area contributed by atoms with Gasteiger partial charge in [-0.15, -0.1) is 11.3 Å². The Hall–Kier alpha value is -2.12. The van der Waals surface area contributed by atoms with Crippen LogP contribution in [0.2, 0.25) is 0 Å². The van der Waals surface area contributed by atoms with Crippen molar-refractivity contribution >= 4 is 44.9 Å². The maximum absolute atomic E-state index is 12.7. The van der Waals surface area contributed by atoms with E-state index < -0.39 is 0 Å². The summed E-state index contributed by atoms with van der Waals surface area (Å²) >= 11 is 2.72. The van der Waals surface area contributed by atoms with Crippen LogP contribution in [0.25, 0.3) is 10.2 Å². The van der Waals surface area contributed by atoms with Crippen molar-refractivity contribution in [2.24, 2.45) is 0 Å². The predicted octanol–water partition coefficient (Wildman–Crippen LogP) is 3.31. The first-order valence-corrected chi connectivity index (χ1v) is 10.2. The largest absolute Gasteiger partial charge is 0.325 e. The van der Waals surface area contributed by atoms with Gasteiger partial charge >= 0.3 is 0 Å². The standard InChI is InChI=1S/C18H17N3O2S2/c1-24-18-20-14-7-8-25-16(14)17(23)21(18)10-15(22)19-13-6-5-11-3-2-4-12(11)9-13/h5-9H,2-4,10H2,1H3,(H,19,22). The molecule has 128 valence electrons. The monoisotopic (exact) mass is 371 g/mol. The van der Waals surface area contributed by atoms with Crippen molar-refractivity contribution in [2.45, 2.75) is 31.0 Å². The molecule has 1 aromatic carbocycles. The van der Waals surface area contributed by atoms with Crippen molar-refractivity contribution in [3.8, 4) is 0 Å². The molecule has 0 radical (unpaired) electrons. The van der Waals surface area contributed by atoms with E-state index in [-0.39, 0.29) is 18.0 Å². The van der Waals surface area contributed by atoms with Gasteiger partial charge in [0.25, 0.3) is 5.56 Å². The molecule has 0 unspecified atom stereocenters. The highest BCUT2D eigenvalue weighted by atomic mass is 32.2. The summed E-state index contributed by atoms with van der Waals surface area (Å²) < 4.78 is 2.04. The van der Waals surface area contributed by atoms with Crippen molar-refractivity contribution in [2.75, 3.05) is 11.6 Å². The van der Waals surface area contributed by atoms with Gasteiger partial charge in [-0.25, -0.2) is 4.98 Å². The lowest BCUT2D eigenvalue weighted by atomic mass is 10.1. The third-order valence-corrected chi connectivity index (χ3v) is 5.97. The lowest BCUT2D eigenvalue weighted by molar-refractivity contribution is -0.116. The molecule has 25 heavy (non-hydrogen) atoms. The van der Waals surface area contributed by atoms with E-state index in [0.717, 1.165) is 18.5 Å². The second-order valence-electron chi connectivity index (χ2n) is 6.01. The number of nitrogens with zero attached hydrogens (tertiary/aromatic N) is 2. The number of fused-ring (bicyclic) bond motifs is 2. The molecule has 2 aromatic heterocycles. The highest BCUT2D eigenvalue weighted by Gasteiger charge is 2.16. The van der Waals surface area contributed by atoms with E-state index >= 15 is 0 Å². The zero-order chi connectivity index (χ0) is 17.4. The van der Waals surface area contributed by atoms with Gasteiger partial charge in [-0.1, -0.05) is 17.8 Å². The summed E-state index contributed by atoms with van der Waals surface area (Å²) in [6.45, 7) is -0.0348. The summed E-state index contributed by atoms with van der Waals surface area (Å²) in [7, 11) is 0. The number of aryl methyl sites for hydroxylation is 2. The molecule has 1 N–H and O–H groups in total. The van der Waals surface area contributed by atoms with Gasteiger partial charge in [0.1, 0.15) is 11.2 Å². The number of hydrogen-bond acceptors (Lipinski definition) is 5. The quantitative estimate of drug-likeness (QED) is 0.564. The van der Waals surface area contributed by atoms with Gasteiger partial charge in [-0.05, 0) is 60.2 Å². The van der Waals surface area contributed by atoms with Gasteiger partial charge in [0.05, 0.1) is 5.52 Å². The van der Waals surface area contributed by atoms with Crippen LogP contribution in [0.5, 0.6) is 0 Å². The molecule has 3 aromatic rings. The number of benzene rings is 1. The van der Waals surface area contributed by atoms with Gasteiger partial charge in [0, 0.05) is 5.69 Å². The van der Waals surface area contributed by atoms with E-state index in [0.29, 0.717) is 15.4 Å². The van der Waals surface area contributed by atoms with E-state index in [1.807, 2.05) is 29.8 Å². The van der Waals surface area contributed by atoms with E-state index in [9.17, 15) is 9.59 Å². The number of nitrogens with one attached hydrogen (secondary N) is 1. The molecule has 1 aliphatic carbocycles. The summed E-state index contributed by atoms with van der Waals surface area (Å²) in [6.07, 6.45) is 5.21. The third-order valence-electron chi connectivity index (χ3n) is 4.40. The van der Waals surface area contributed by atoms with Crippen molar-refractivity contribution in [3.63, 3.8) is 0 Å². The van der Waals surface area contributed by atoms with Gasteiger partial charge in [0.15, 0.2) is 5.16 Å². The Morgan fingerprint density at radius 2 is 2.16 bits per heavy atom. The molecule has 4 rings (SSSR count). The Labute approximate surface area is 153 Å². The molecule has 0 aliphatic heterocycles.